The predicted octanol–water partition coefficient (Wildman–Crippen LogP) is 2.46. The molecule has 146 valence electrons. The number of sulfonamides is 1. The van der Waals surface area contributed by atoms with Gasteiger partial charge in [-0.1, -0.05) is 37.0 Å². The van der Waals surface area contributed by atoms with E-state index in [1.54, 1.807) is 6.07 Å². The zero-order valence-electron chi connectivity index (χ0n) is 15.2. The molecule has 0 radical (unpaired) electrons. The van der Waals surface area contributed by atoms with Crippen LogP contribution in [0.1, 0.15) is 20.8 Å². The number of nitrogens with one attached hydrogen (secondary N) is 1. The fourth-order valence-corrected chi connectivity index (χ4v) is 4.77. The molecule has 2 rings (SSSR count). The standard InChI is InChI=1S/C17H25Cl2N3O3S/c1-12(2)13(3)20-17(23)11-21-6-8-22(9-7-21)26(24,25)16-10-14(18)4-5-15(16)19/h4-5,10,12-13H,6-9,11H2,1-3H3,(H,20,23). The van der Waals surface area contributed by atoms with E-state index in [2.05, 4.69) is 19.2 Å². The number of carbonyl (C=O) groups is 1. The van der Waals surface area contributed by atoms with E-state index in [0.717, 1.165) is 0 Å². The van der Waals surface area contributed by atoms with Gasteiger partial charge in [-0.25, -0.2) is 8.42 Å². The zero-order chi connectivity index (χ0) is 19.5. The number of hydrogen-bond acceptors (Lipinski definition) is 4. The Hall–Kier alpha value is -0.860. The van der Waals surface area contributed by atoms with E-state index in [1.807, 2.05) is 11.8 Å². The molecular formula is C17H25Cl2N3O3S. The molecule has 26 heavy (non-hydrogen) atoms. The van der Waals surface area contributed by atoms with Crippen LogP contribution < -0.4 is 5.32 Å². The maximum absolute atomic E-state index is 12.8. The van der Waals surface area contributed by atoms with E-state index in [0.29, 0.717) is 37.1 Å². The summed E-state index contributed by atoms with van der Waals surface area (Å²) >= 11 is 12.0. The summed E-state index contributed by atoms with van der Waals surface area (Å²) in [5.74, 6) is 0.323. The van der Waals surface area contributed by atoms with Gasteiger partial charge < -0.3 is 5.32 Å². The van der Waals surface area contributed by atoms with Crippen LogP contribution in [0.25, 0.3) is 0 Å². The van der Waals surface area contributed by atoms with Gasteiger partial charge in [0.1, 0.15) is 4.90 Å². The average molecular weight is 422 g/mol. The number of rotatable bonds is 6. The molecule has 1 saturated heterocycles. The highest BCUT2D eigenvalue weighted by molar-refractivity contribution is 7.89. The molecule has 1 aromatic rings. The van der Waals surface area contributed by atoms with Gasteiger partial charge in [0, 0.05) is 37.2 Å². The molecule has 6 nitrogen and oxygen atoms in total. The van der Waals surface area contributed by atoms with Crippen LogP contribution in [-0.2, 0) is 14.8 Å². The maximum atomic E-state index is 12.8. The van der Waals surface area contributed by atoms with Gasteiger partial charge in [-0.2, -0.15) is 4.31 Å². The van der Waals surface area contributed by atoms with Crippen molar-refractivity contribution in [1.29, 1.82) is 0 Å². The molecule has 1 fully saturated rings. The lowest BCUT2D eigenvalue weighted by Gasteiger charge is -2.34. The molecule has 0 aliphatic carbocycles. The van der Waals surface area contributed by atoms with Crippen molar-refractivity contribution in [3.8, 4) is 0 Å². The second kappa shape index (κ2) is 8.89. The number of amides is 1. The van der Waals surface area contributed by atoms with Crippen molar-refractivity contribution in [3.63, 3.8) is 0 Å². The minimum Gasteiger partial charge on any atom is -0.352 e. The highest BCUT2D eigenvalue weighted by atomic mass is 35.5. The number of benzene rings is 1. The van der Waals surface area contributed by atoms with Gasteiger partial charge >= 0.3 is 0 Å². The SMILES string of the molecule is CC(C)C(C)NC(=O)CN1CCN(S(=O)(=O)c2cc(Cl)ccc2Cl)CC1. The molecule has 1 aromatic carbocycles. The third-order valence-electron chi connectivity index (χ3n) is 4.60. The molecule has 9 heteroatoms. The Morgan fingerprint density at radius 1 is 1.15 bits per heavy atom. The van der Waals surface area contributed by atoms with Crippen LogP contribution in [0.15, 0.2) is 23.1 Å². The van der Waals surface area contributed by atoms with Gasteiger partial charge in [0.05, 0.1) is 11.6 Å². The van der Waals surface area contributed by atoms with Crippen molar-refractivity contribution in [2.24, 2.45) is 5.92 Å². The minimum absolute atomic E-state index is 0.0172. The Bertz CT molecular complexity index is 748. The Morgan fingerprint density at radius 2 is 1.77 bits per heavy atom. The summed E-state index contributed by atoms with van der Waals surface area (Å²) < 4.78 is 27.0. The summed E-state index contributed by atoms with van der Waals surface area (Å²) in [5.41, 5.74) is 0. The number of piperazine rings is 1. The van der Waals surface area contributed by atoms with E-state index in [1.165, 1.54) is 16.4 Å². The van der Waals surface area contributed by atoms with Gasteiger partial charge in [0.25, 0.3) is 0 Å². The lowest BCUT2D eigenvalue weighted by molar-refractivity contribution is -0.123. The summed E-state index contributed by atoms with van der Waals surface area (Å²) in [4.78, 5) is 14.1. The first-order valence-electron chi connectivity index (χ1n) is 8.58. The van der Waals surface area contributed by atoms with E-state index < -0.39 is 10.0 Å². The van der Waals surface area contributed by atoms with Crippen molar-refractivity contribution in [2.45, 2.75) is 31.7 Å². The van der Waals surface area contributed by atoms with Gasteiger partial charge in [0.15, 0.2) is 0 Å². The van der Waals surface area contributed by atoms with Crippen LogP contribution in [0.4, 0.5) is 0 Å². The predicted molar refractivity (Wildman–Crippen MR) is 104 cm³/mol. The highest BCUT2D eigenvalue weighted by Gasteiger charge is 2.30. The van der Waals surface area contributed by atoms with Gasteiger partial charge in [-0.15, -0.1) is 0 Å². The molecule has 1 aliphatic heterocycles. The fourth-order valence-electron chi connectivity index (χ4n) is 2.61. The average Bonchev–Trinajstić information content (AvgIpc) is 2.57. The van der Waals surface area contributed by atoms with E-state index in [9.17, 15) is 13.2 Å². The van der Waals surface area contributed by atoms with Gasteiger partial charge in [-0.3, -0.25) is 9.69 Å². The lowest BCUT2D eigenvalue weighted by atomic mass is 10.1. The van der Waals surface area contributed by atoms with Crippen LogP contribution in [0.2, 0.25) is 10.0 Å². The minimum atomic E-state index is -3.71. The number of nitrogens with zero attached hydrogens (tertiary/aromatic N) is 2. The molecule has 0 spiro atoms. The fraction of sp³-hybridized carbons (Fsp3) is 0.588. The van der Waals surface area contributed by atoms with Crippen LogP contribution in [0, 0.1) is 5.92 Å². The second-order valence-corrected chi connectivity index (χ2v) is 9.61. The first-order valence-corrected chi connectivity index (χ1v) is 10.8. The summed E-state index contributed by atoms with van der Waals surface area (Å²) in [6.07, 6.45) is 0. The highest BCUT2D eigenvalue weighted by Crippen LogP contribution is 2.28. The Labute approximate surface area is 165 Å². The largest absolute Gasteiger partial charge is 0.352 e. The molecule has 1 aliphatic rings. The quantitative estimate of drug-likeness (QED) is 0.765. The molecule has 0 saturated carbocycles. The Morgan fingerprint density at radius 3 is 2.35 bits per heavy atom. The summed E-state index contributed by atoms with van der Waals surface area (Å²) in [7, 11) is -3.71. The lowest BCUT2D eigenvalue weighted by Crippen LogP contribution is -2.52. The van der Waals surface area contributed by atoms with Crippen molar-refractivity contribution in [2.75, 3.05) is 32.7 Å². The molecule has 1 N–H and O–H groups in total. The molecule has 0 bridgehead atoms. The van der Waals surface area contributed by atoms with Crippen LogP contribution in [-0.4, -0.2) is 62.3 Å². The topological polar surface area (TPSA) is 69.7 Å². The van der Waals surface area contributed by atoms with Crippen LogP contribution in [0.5, 0.6) is 0 Å². The van der Waals surface area contributed by atoms with Crippen molar-refractivity contribution in [3.05, 3.63) is 28.2 Å². The van der Waals surface area contributed by atoms with E-state index in [-0.39, 0.29) is 28.4 Å². The molecule has 1 unspecified atom stereocenters. The van der Waals surface area contributed by atoms with Crippen LogP contribution in [0.3, 0.4) is 0 Å². The Balaban J connectivity index is 1.95. The number of hydrogen-bond donors (Lipinski definition) is 1. The van der Waals surface area contributed by atoms with Crippen LogP contribution >= 0.6 is 23.2 Å². The maximum Gasteiger partial charge on any atom is 0.244 e. The molecule has 0 aromatic heterocycles. The summed E-state index contributed by atoms with van der Waals surface area (Å²) in [6.45, 7) is 7.92. The summed E-state index contributed by atoms with van der Waals surface area (Å²) in [6, 6.07) is 4.51. The summed E-state index contributed by atoms with van der Waals surface area (Å²) in [5, 5.41) is 3.44. The Kier molecular flexibility index (Phi) is 7.33. The van der Waals surface area contributed by atoms with Crippen molar-refractivity contribution >= 4 is 39.1 Å². The third-order valence-corrected chi connectivity index (χ3v) is 7.21. The van der Waals surface area contributed by atoms with Gasteiger partial charge in [0.2, 0.25) is 15.9 Å². The first kappa shape index (κ1) is 21.4. The normalized spacial score (nSPS) is 18.1. The third kappa shape index (κ3) is 5.33. The van der Waals surface area contributed by atoms with E-state index in [4.69, 9.17) is 23.2 Å². The first-order chi connectivity index (χ1) is 12.1. The number of halogens is 2. The zero-order valence-corrected chi connectivity index (χ0v) is 17.5. The molecule has 1 atom stereocenters. The molecular weight excluding hydrogens is 397 g/mol. The smallest absolute Gasteiger partial charge is 0.244 e. The number of carbonyl (C=O) groups excluding carboxylic acids is 1. The van der Waals surface area contributed by atoms with Crippen molar-refractivity contribution < 1.29 is 13.2 Å². The van der Waals surface area contributed by atoms with Crippen molar-refractivity contribution in [1.82, 2.24) is 14.5 Å². The van der Waals surface area contributed by atoms with Gasteiger partial charge in [-0.05, 0) is 31.0 Å². The monoisotopic (exact) mass is 421 g/mol. The molecule has 1 heterocycles. The van der Waals surface area contributed by atoms with E-state index >= 15 is 0 Å². The molecule has 1 amide bonds. The second-order valence-electron chi connectivity index (χ2n) is 6.86.